The lowest BCUT2D eigenvalue weighted by Crippen LogP contribution is -2.48. The molecule has 100 valence electrons. The topological polar surface area (TPSA) is 41.6 Å². The van der Waals surface area contributed by atoms with Crippen LogP contribution in [-0.2, 0) is 4.74 Å². The Morgan fingerprint density at radius 1 is 1.53 bits per heavy atom. The zero-order chi connectivity index (χ0) is 13.1. The molecule has 1 saturated heterocycles. The first kappa shape index (κ1) is 14.3. The second-order valence-electron chi connectivity index (χ2n) is 5.73. The first-order valence-corrected chi connectivity index (χ1v) is 6.58. The van der Waals surface area contributed by atoms with E-state index in [2.05, 4.69) is 19.2 Å². The van der Waals surface area contributed by atoms with Gasteiger partial charge in [0, 0.05) is 12.6 Å². The van der Waals surface area contributed by atoms with E-state index in [9.17, 15) is 4.79 Å². The predicted molar refractivity (Wildman–Crippen MR) is 69.1 cm³/mol. The maximum atomic E-state index is 12.1. The van der Waals surface area contributed by atoms with Gasteiger partial charge in [-0.2, -0.15) is 0 Å². The number of nitrogens with one attached hydrogen (secondary N) is 1. The van der Waals surface area contributed by atoms with Crippen LogP contribution in [0.3, 0.4) is 0 Å². The Kier molecular flexibility index (Phi) is 4.80. The summed E-state index contributed by atoms with van der Waals surface area (Å²) in [5, 5.41) is 3.39. The number of nitrogens with zero attached hydrogens (tertiary/aromatic N) is 1. The predicted octanol–water partition coefficient (Wildman–Crippen LogP) is 2.38. The molecule has 1 heterocycles. The Labute approximate surface area is 105 Å². The van der Waals surface area contributed by atoms with Crippen LogP contribution in [0.1, 0.15) is 47.5 Å². The summed E-state index contributed by atoms with van der Waals surface area (Å²) in [6.45, 7) is 11.7. The molecule has 1 amide bonds. The van der Waals surface area contributed by atoms with Crippen molar-refractivity contribution in [3.05, 3.63) is 0 Å². The van der Waals surface area contributed by atoms with Crippen molar-refractivity contribution in [3.63, 3.8) is 0 Å². The molecule has 0 aromatic carbocycles. The zero-order valence-electron chi connectivity index (χ0n) is 11.7. The monoisotopic (exact) mass is 242 g/mol. The van der Waals surface area contributed by atoms with Crippen molar-refractivity contribution in [1.82, 2.24) is 10.2 Å². The molecule has 1 N–H and O–H groups in total. The molecule has 1 aliphatic heterocycles. The van der Waals surface area contributed by atoms with Gasteiger partial charge < -0.3 is 15.0 Å². The maximum absolute atomic E-state index is 12.1. The molecule has 0 spiro atoms. The van der Waals surface area contributed by atoms with Gasteiger partial charge in [0.2, 0.25) is 0 Å². The van der Waals surface area contributed by atoms with Crippen molar-refractivity contribution < 1.29 is 9.53 Å². The first-order chi connectivity index (χ1) is 7.85. The summed E-state index contributed by atoms with van der Waals surface area (Å²) >= 11 is 0. The highest BCUT2D eigenvalue weighted by molar-refractivity contribution is 5.69. The third-order valence-electron chi connectivity index (χ3n) is 3.03. The molecule has 0 radical (unpaired) electrons. The number of ether oxygens (including phenoxy) is 1. The lowest BCUT2D eigenvalue weighted by atomic mass is 10.1. The first-order valence-electron chi connectivity index (χ1n) is 6.58. The zero-order valence-corrected chi connectivity index (χ0v) is 11.7. The molecular formula is C13H26N2O2. The van der Waals surface area contributed by atoms with E-state index in [1.165, 1.54) is 0 Å². The maximum Gasteiger partial charge on any atom is 0.410 e. The summed E-state index contributed by atoms with van der Waals surface area (Å²) in [5.74, 6) is 0. The average molecular weight is 242 g/mol. The van der Waals surface area contributed by atoms with Gasteiger partial charge in [-0.3, -0.25) is 0 Å². The van der Waals surface area contributed by atoms with Crippen molar-refractivity contribution in [1.29, 1.82) is 0 Å². The highest BCUT2D eigenvalue weighted by Gasteiger charge is 2.34. The molecular weight excluding hydrogens is 216 g/mol. The van der Waals surface area contributed by atoms with Crippen LogP contribution in [0.25, 0.3) is 0 Å². The molecule has 2 unspecified atom stereocenters. The second-order valence-corrected chi connectivity index (χ2v) is 5.73. The minimum atomic E-state index is -0.411. The van der Waals surface area contributed by atoms with Crippen LogP contribution < -0.4 is 5.32 Å². The molecule has 4 nitrogen and oxygen atoms in total. The Balaban J connectivity index is 2.59. The second kappa shape index (κ2) is 5.71. The molecule has 2 atom stereocenters. The highest BCUT2D eigenvalue weighted by atomic mass is 16.6. The number of rotatable bonds is 3. The van der Waals surface area contributed by atoms with Crippen LogP contribution in [0.15, 0.2) is 0 Å². The van der Waals surface area contributed by atoms with Crippen molar-refractivity contribution in [2.45, 2.75) is 65.1 Å². The molecule has 1 rings (SSSR count). The Hall–Kier alpha value is -0.770. The SMILES string of the molecule is CCNC(C)C1CCCN1C(=O)OC(C)(C)C. The third-order valence-corrected chi connectivity index (χ3v) is 3.03. The molecule has 0 saturated carbocycles. The third kappa shape index (κ3) is 4.19. The number of likely N-dealkylation sites (N-methyl/N-ethyl adjacent to an activating group) is 1. The Morgan fingerprint density at radius 2 is 2.18 bits per heavy atom. The Bertz CT molecular complexity index is 261. The van der Waals surface area contributed by atoms with Crippen LogP contribution in [0.2, 0.25) is 0 Å². The van der Waals surface area contributed by atoms with Crippen molar-refractivity contribution in [3.8, 4) is 0 Å². The van der Waals surface area contributed by atoms with E-state index in [0.29, 0.717) is 6.04 Å². The number of carbonyl (C=O) groups excluding carboxylic acids is 1. The molecule has 17 heavy (non-hydrogen) atoms. The number of likely N-dealkylation sites (tertiary alicyclic amines) is 1. The average Bonchev–Trinajstić information content (AvgIpc) is 2.63. The van der Waals surface area contributed by atoms with Crippen LogP contribution in [0.4, 0.5) is 4.79 Å². The van der Waals surface area contributed by atoms with Gasteiger partial charge in [-0.1, -0.05) is 6.92 Å². The molecule has 0 aromatic heterocycles. The van der Waals surface area contributed by atoms with E-state index in [1.807, 2.05) is 25.7 Å². The van der Waals surface area contributed by atoms with E-state index < -0.39 is 5.60 Å². The van der Waals surface area contributed by atoms with Gasteiger partial charge in [-0.15, -0.1) is 0 Å². The standard InChI is InChI=1S/C13H26N2O2/c1-6-14-10(2)11-8-7-9-15(11)12(16)17-13(3,4)5/h10-11,14H,6-9H2,1-5H3. The fraction of sp³-hybridized carbons (Fsp3) is 0.923. The molecule has 1 fully saturated rings. The number of amides is 1. The minimum Gasteiger partial charge on any atom is -0.444 e. The fourth-order valence-corrected chi connectivity index (χ4v) is 2.32. The molecule has 4 heteroatoms. The Morgan fingerprint density at radius 3 is 2.71 bits per heavy atom. The summed E-state index contributed by atoms with van der Waals surface area (Å²) in [5.41, 5.74) is -0.411. The minimum absolute atomic E-state index is 0.176. The molecule has 0 bridgehead atoms. The van der Waals surface area contributed by atoms with Gasteiger partial charge in [-0.25, -0.2) is 4.79 Å². The van der Waals surface area contributed by atoms with E-state index in [-0.39, 0.29) is 12.1 Å². The van der Waals surface area contributed by atoms with E-state index in [4.69, 9.17) is 4.74 Å². The van der Waals surface area contributed by atoms with E-state index in [0.717, 1.165) is 25.9 Å². The molecule has 0 aliphatic carbocycles. The lowest BCUT2D eigenvalue weighted by molar-refractivity contribution is 0.0201. The fourth-order valence-electron chi connectivity index (χ4n) is 2.32. The number of hydrogen-bond acceptors (Lipinski definition) is 3. The number of hydrogen-bond donors (Lipinski definition) is 1. The summed E-state index contributed by atoms with van der Waals surface area (Å²) in [6, 6.07) is 0.597. The van der Waals surface area contributed by atoms with Crippen LogP contribution in [-0.4, -0.2) is 41.8 Å². The quantitative estimate of drug-likeness (QED) is 0.826. The summed E-state index contributed by atoms with van der Waals surface area (Å²) in [6.07, 6.45) is 1.96. The normalized spacial score (nSPS) is 22.6. The van der Waals surface area contributed by atoms with Crippen molar-refractivity contribution in [2.75, 3.05) is 13.1 Å². The highest BCUT2D eigenvalue weighted by Crippen LogP contribution is 2.22. The summed E-state index contributed by atoms with van der Waals surface area (Å²) in [7, 11) is 0. The van der Waals surface area contributed by atoms with Crippen LogP contribution in [0.5, 0.6) is 0 Å². The van der Waals surface area contributed by atoms with Gasteiger partial charge in [-0.05, 0) is 47.1 Å². The molecule has 1 aliphatic rings. The van der Waals surface area contributed by atoms with Crippen LogP contribution in [0, 0.1) is 0 Å². The van der Waals surface area contributed by atoms with Crippen molar-refractivity contribution >= 4 is 6.09 Å². The summed E-state index contributed by atoms with van der Waals surface area (Å²) in [4.78, 5) is 13.9. The van der Waals surface area contributed by atoms with Gasteiger partial charge >= 0.3 is 6.09 Å². The van der Waals surface area contributed by atoms with Crippen LogP contribution >= 0.6 is 0 Å². The summed E-state index contributed by atoms with van der Waals surface area (Å²) < 4.78 is 5.44. The molecule has 0 aromatic rings. The largest absolute Gasteiger partial charge is 0.444 e. The van der Waals surface area contributed by atoms with E-state index >= 15 is 0 Å². The van der Waals surface area contributed by atoms with Gasteiger partial charge in [0.15, 0.2) is 0 Å². The lowest BCUT2D eigenvalue weighted by Gasteiger charge is -2.32. The van der Waals surface area contributed by atoms with Gasteiger partial charge in [0.05, 0.1) is 6.04 Å². The van der Waals surface area contributed by atoms with E-state index in [1.54, 1.807) is 0 Å². The van der Waals surface area contributed by atoms with Gasteiger partial charge in [0.25, 0.3) is 0 Å². The smallest absolute Gasteiger partial charge is 0.410 e. The number of carbonyl (C=O) groups is 1. The van der Waals surface area contributed by atoms with Crippen molar-refractivity contribution in [2.24, 2.45) is 0 Å². The van der Waals surface area contributed by atoms with Gasteiger partial charge in [0.1, 0.15) is 5.60 Å².